The number of benzene rings is 3. The van der Waals surface area contributed by atoms with Gasteiger partial charge in [-0.25, -0.2) is 4.39 Å². The van der Waals surface area contributed by atoms with Crippen molar-refractivity contribution in [2.75, 3.05) is 6.54 Å². The van der Waals surface area contributed by atoms with Crippen molar-refractivity contribution in [1.82, 2.24) is 5.32 Å². The second-order valence-electron chi connectivity index (χ2n) is 7.42. The number of carbonyl (C=O) groups is 1. The maximum absolute atomic E-state index is 13.9. The Hall–Kier alpha value is -2.94. The largest absolute Gasteiger partial charge is 0.356 e. The predicted octanol–water partition coefficient (Wildman–Crippen LogP) is 5.27. The maximum Gasteiger partial charge on any atom is 0.223 e. The van der Waals surface area contributed by atoms with Crippen LogP contribution in [-0.2, 0) is 4.79 Å². The summed E-state index contributed by atoms with van der Waals surface area (Å²) >= 11 is 0. The third-order valence-electron chi connectivity index (χ3n) is 5.57. The molecule has 0 saturated heterocycles. The minimum atomic E-state index is -0.212. The molecule has 142 valence electrons. The van der Waals surface area contributed by atoms with Crippen molar-refractivity contribution in [1.29, 1.82) is 0 Å². The van der Waals surface area contributed by atoms with E-state index in [9.17, 15) is 9.18 Å². The molecule has 3 heteroatoms. The number of hydrogen-bond donors (Lipinski definition) is 1. The molecule has 1 amide bonds. The van der Waals surface area contributed by atoms with E-state index in [1.807, 2.05) is 42.5 Å². The van der Waals surface area contributed by atoms with Crippen LogP contribution in [0.2, 0.25) is 0 Å². The molecule has 0 radical (unpaired) electrons. The second-order valence-corrected chi connectivity index (χ2v) is 7.42. The van der Waals surface area contributed by atoms with Gasteiger partial charge < -0.3 is 5.32 Å². The van der Waals surface area contributed by atoms with Gasteiger partial charge in [0.2, 0.25) is 5.91 Å². The van der Waals surface area contributed by atoms with Gasteiger partial charge in [0.05, 0.1) is 0 Å². The Bertz CT molecular complexity index is 886. The number of halogens is 1. The summed E-state index contributed by atoms with van der Waals surface area (Å²) in [5.74, 6) is -0.0301. The van der Waals surface area contributed by atoms with Gasteiger partial charge in [-0.15, -0.1) is 0 Å². The van der Waals surface area contributed by atoms with E-state index in [0.717, 1.165) is 12.8 Å². The summed E-state index contributed by atoms with van der Waals surface area (Å²) in [7, 11) is 0. The fourth-order valence-electron chi connectivity index (χ4n) is 3.97. The molecule has 3 aromatic carbocycles. The van der Waals surface area contributed by atoms with Crippen LogP contribution in [-0.4, -0.2) is 12.5 Å². The molecule has 0 spiro atoms. The van der Waals surface area contributed by atoms with Gasteiger partial charge in [0, 0.05) is 18.4 Å². The van der Waals surface area contributed by atoms with Gasteiger partial charge in [-0.2, -0.15) is 0 Å². The molecule has 0 aliphatic heterocycles. The average molecular weight is 373 g/mol. The molecule has 2 atom stereocenters. The zero-order valence-electron chi connectivity index (χ0n) is 15.7. The highest BCUT2D eigenvalue weighted by atomic mass is 19.1. The van der Waals surface area contributed by atoms with Crippen molar-refractivity contribution in [3.05, 3.63) is 107 Å². The van der Waals surface area contributed by atoms with E-state index >= 15 is 0 Å². The molecule has 1 aliphatic rings. The van der Waals surface area contributed by atoms with Crippen LogP contribution in [0.1, 0.15) is 41.4 Å². The minimum absolute atomic E-state index is 0.0141. The summed E-state index contributed by atoms with van der Waals surface area (Å²) in [5, 5.41) is 3.07. The Labute approximate surface area is 165 Å². The molecule has 1 N–H and O–H groups in total. The van der Waals surface area contributed by atoms with Crippen molar-refractivity contribution in [3.63, 3.8) is 0 Å². The van der Waals surface area contributed by atoms with Crippen LogP contribution in [0.5, 0.6) is 0 Å². The SMILES string of the molecule is O=C(NCCC(c1ccccc1)c1ccccc1)C1CC1c1ccccc1F. The monoisotopic (exact) mass is 373 g/mol. The summed E-state index contributed by atoms with van der Waals surface area (Å²) in [6.45, 7) is 0.605. The summed E-state index contributed by atoms with van der Waals surface area (Å²) in [5.41, 5.74) is 3.16. The third-order valence-corrected chi connectivity index (χ3v) is 5.57. The fourth-order valence-corrected chi connectivity index (χ4v) is 3.97. The lowest BCUT2D eigenvalue weighted by Crippen LogP contribution is -2.27. The lowest BCUT2D eigenvalue weighted by Gasteiger charge is -2.18. The van der Waals surface area contributed by atoms with E-state index in [2.05, 4.69) is 29.6 Å². The first kappa shape index (κ1) is 18.4. The molecule has 0 heterocycles. The van der Waals surface area contributed by atoms with E-state index in [4.69, 9.17) is 0 Å². The first-order chi connectivity index (χ1) is 13.7. The van der Waals surface area contributed by atoms with Crippen LogP contribution in [0, 0.1) is 11.7 Å². The van der Waals surface area contributed by atoms with E-state index in [1.165, 1.54) is 17.2 Å². The number of carbonyl (C=O) groups excluding carboxylic acids is 1. The lowest BCUT2D eigenvalue weighted by molar-refractivity contribution is -0.122. The molecule has 1 saturated carbocycles. The highest BCUT2D eigenvalue weighted by Crippen LogP contribution is 2.48. The molecule has 3 aromatic rings. The van der Waals surface area contributed by atoms with Gasteiger partial charge in [-0.1, -0.05) is 78.9 Å². The highest BCUT2D eigenvalue weighted by Gasteiger charge is 2.44. The Morgan fingerprint density at radius 1 is 0.893 bits per heavy atom. The molecule has 28 heavy (non-hydrogen) atoms. The van der Waals surface area contributed by atoms with Gasteiger partial charge in [-0.05, 0) is 41.5 Å². The van der Waals surface area contributed by atoms with E-state index < -0.39 is 0 Å². The quantitative estimate of drug-likeness (QED) is 0.601. The first-order valence-electron chi connectivity index (χ1n) is 9.86. The molecular weight excluding hydrogens is 349 g/mol. The molecule has 2 unspecified atom stereocenters. The summed E-state index contributed by atoms with van der Waals surface area (Å²) in [6.07, 6.45) is 1.56. The van der Waals surface area contributed by atoms with Crippen molar-refractivity contribution < 1.29 is 9.18 Å². The minimum Gasteiger partial charge on any atom is -0.356 e. The smallest absolute Gasteiger partial charge is 0.223 e. The number of rotatable bonds is 7. The van der Waals surface area contributed by atoms with Crippen LogP contribution in [0.25, 0.3) is 0 Å². The molecule has 1 fully saturated rings. The van der Waals surface area contributed by atoms with Crippen LogP contribution < -0.4 is 5.32 Å². The predicted molar refractivity (Wildman–Crippen MR) is 110 cm³/mol. The van der Waals surface area contributed by atoms with Gasteiger partial charge >= 0.3 is 0 Å². The Morgan fingerprint density at radius 3 is 2.07 bits per heavy atom. The number of hydrogen-bond acceptors (Lipinski definition) is 1. The van der Waals surface area contributed by atoms with Gasteiger partial charge in [0.25, 0.3) is 0 Å². The van der Waals surface area contributed by atoms with Gasteiger partial charge in [-0.3, -0.25) is 4.79 Å². The van der Waals surface area contributed by atoms with E-state index in [0.29, 0.717) is 12.1 Å². The average Bonchev–Trinajstić information content (AvgIpc) is 3.53. The summed E-state index contributed by atoms with van der Waals surface area (Å²) in [6, 6.07) is 27.5. The normalized spacial score (nSPS) is 18.1. The number of nitrogens with one attached hydrogen (secondary N) is 1. The van der Waals surface area contributed by atoms with E-state index in [-0.39, 0.29) is 29.5 Å². The van der Waals surface area contributed by atoms with Gasteiger partial charge in [0.1, 0.15) is 5.82 Å². The molecular formula is C25H24FNO. The van der Waals surface area contributed by atoms with Gasteiger partial charge in [0.15, 0.2) is 0 Å². The zero-order valence-corrected chi connectivity index (χ0v) is 15.7. The summed E-state index contributed by atoms with van der Waals surface area (Å²) < 4.78 is 13.9. The molecule has 0 aromatic heterocycles. The Balaban J connectivity index is 1.36. The molecule has 2 nitrogen and oxygen atoms in total. The first-order valence-corrected chi connectivity index (χ1v) is 9.86. The Kier molecular flexibility index (Phi) is 5.52. The maximum atomic E-state index is 13.9. The van der Waals surface area contributed by atoms with E-state index in [1.54, 1.807) is 12.1 Å². The number of amides is 1. The van der Waals surface area contributed by atoms with Crippen molar-refractivity contribution in [2.24, 2.45) is 5.92 Å². The molecule has 4 rings (SSSR count). The summed E-state index contributed by atoms with van der Waals surface area (Å²) in [4.78, 5) is 12.5. The topological polar surface area (TPSA) is 29.1 Å². The van der Waals surface area contributed by atoms with Crippen LogP contribution in [0.15, 0.2) is 84.9 Å². The van der Waals surface area contributed by atoms with Crippen molar-refractivity contribution >= 4 is 5.91 Å². The van der Waals surface area contributed by atoms with Crippen molar-refractivity contribution in [3.8, 4) is 0 Å². The second kappa shape index (κ2) is 8.39. The molecule has 0 bridgehead atoms. The standard InChI is InChI=1S/C25H24FNO/c26-24-14-8-7-13-21(24)22-17-23(22)25(28)27-16-15-20(18-9-3-1-4-10-18)19-11-5-2-6-12-19/h1-14,20,22-23H,15-17H2,(H,27,28). The Morgan fingerprint density at radius 2 is 1.46 bits per heavy atom. The van der Waals surface area contributed by atoms with Crippen LogP contribution in [0.4, 0.5) is 4.39 Å². The lowest BCUT2D eigenvalue weighted by atomic mass is 9.88. The zero-order chi connectivity index (χ0) is 19.3. The highest BCUT2D eigenvalue weighted by molar-refractivity contribution is 5.82. The van der Waals surface area contributed by atoms with Crippen LogP contribution >= 0.6 is 0 Å². The third kappa shape index (κ3) is 4.14. The van der Waals surface area contributed by atoms with Crippen molar-refractivity contribution in [2.45, 2.75) is 24.7 Å². The fraction of sp³-hybridized carbons (Fsp3) is 0.240. The van der Waals surface area contributed by atoms with Crippen LogP contribution in [0.3, 0.4) is 0 Å². The molecule has 1 aliphatic carbocycles.